The summed E-state index contributed by atoms with van der Waals surface area (Å²) in [6, 6.07) is 13.5. The smallest absolute Gasteiger partial charge is 0.137 e. The van der Waals surface area contributed by atoms with Crippen molar-refractivity contribution in [2.75, 3.05) is 0 Å². The van der Waals surface area contributed by atoms with Crippen LogP contribution in [0.15, 0.2) is 46.9 Å². The third-order valence-corrected chi connectivity index (χ3v) is 4.36. The lowest BCUT2D eigenvalue weighted by Crippen LogP contribution is -2.12. The summed E-state index contributed by atoms with van der Waals surface area (Å²) in [6.45, 7) is 0.512. The molecule has 20 heavy (non-hydrogen) atoms. The highest BCUT2D eigenvalue weighted by Gasteiger charge is 2.20. The van der Waals surface area contributed by atoms with Crippen LogP contribution in [-0.2, 0) is 17.8 Å². The molecular weight excluding hydrogens is 319 g/mol. The third kappa shape index (κ3) is 2.94. The first-order valence-electron chi connectivity index (χ1n) is 6.87. The fourth-order valence-electron chi connectivity index (χ4n) is 2.71. The van der Waals surface area contributed by atoms with Crippen molar-refractivity contribution < 1.29 is 9.13 Å². The Kier molecular flexibility index (Phi) is 4.18. The van der Waals surface area contributed by atoms with E-state index >= 15 is 0 Å². The van der Waals surface area contributed by atoms with Crippen LogP contribution in [0.3, 0.4) is 0 Å². The normalized spacial score (nSPS) is 17.8. The zero-order valence-corrected chi connectivity index (χ0v) is 12.7. The average Bonchev–Trinajstić information content (AvgIpc) is 2.48. The molecule has 1 nitrogen and oxygen atoms in total. The fourth-order valence-corrected chi connectivity index (χ4v) is 3.13. The topological polar surface area (TPSA) is 9.23 Å². The van der Waals surface area contributed by atoms with Crippen LogP contribution in [0.2, 0.25) is 0 Å². The maximum atomic E-state index is 13.2. The van der Waals surface area contributed by atoms with Gasteiger partial charge >= 0.3 is 0 Å². The van der Waals surface area contributed by atoms with Gasteiger partial charge in [0.05, 0.1) is 17.2 Å². The van der Waals surface area contributed by atoms with E-state index in [4.69, 9.17) is 4.74 Å². The van der Waals surface area contributed by atoms with Crippen molar-refractivity contribution in [1.82, 2.24) is 0 Å². The minimum Gasteiger partial charge on any atom is -0.369 e. The maximum absolute atomic E-state index is 13.2. The second-order valence-corrected chi connectivity index (χ2v) is 5.99. The van der Waals surface area contributed by atoms with Gasteiger partial charge in [-0.2, -0.15) is 0 Å². The molecule has 1 aliphatic rings. The lowest BCUT2D eigenvalue weighted by atomic mass is 9.89. The van der Waals surface area contributed by atoms with Gasteiger partial charge < -0.3 is 4.74 Å². The number of hydrogen-bond acceptors (Lipinski definition) is 1. The summed E-state index contributed by atoms with van der Waals surface area (Å²) in [5.74, 6) is -0.239. The van der Waals surface area contributed by atoms with E-state index in [1.165, 1.54) is 17.2 Å². The number of hydrogen-bond donors (Lipinski definition) is 0. The minimum atomic E-state index is -0.239. The molecule has 0 fully saturated rings. The number of aryl methyl sites for hydroxylation is 1. The summed E-state index contributed by atoms with van der Waals surface area (Å²) in [6.07, 6.45) is 3.51. The standard InChI is InChI=1S/C17H16BrFO/c18-15-10-12(8-9-16(15)19)11-20-17-7-3-5-13-4-1-2-6-14(13)17/h1-2,4,6,8-10,17H,3,5,7,11H2. The molecule has 0 spiro atoms. The van der Waals surface area contributed by atoms with E-state index in [-0.39, 0.29) is 11.9 Å². The third-order valence-electron chi connectivity index (χ3n) is 3.75. The van der Waals surface area contributed by atoms with Gasteiger partial charge in [0.15, 0.2) is 0 Å². The van der Waals surface area contributed by atoms with Gasteiger partial charge in [0.25, 0.3) is 0 Å². The van der Waals surface area contributed by atoms with Crippen molar-refractivity contribution in [3.05, 3.63) is 69.4 Å². The second-order valence-electron chi connectivity index (χ2n) is 5.14. The number of halogens is 2. The van der Waals surface area contributed by atoms with Crippen molar-refractivity contribution in [2.24, 2.45) is 0 Å². The summed E-state index contributed by atoms with van der Waals surface area (Å²) < 4.78 is 19.7. The first-order chi connectivity index (χ1) is 9.74. The van der Waals surface area contributed by atoms with E-state index in [1.807, 2.05) is 0 Å². The van der Waals surface area contributed by atoms with Gasteiger partial charge in [-0.1, -0.05) is 30.3 Å². The molecule has 3 heteroatoms. The SMILES string of the molecule is Fc1ccc(COC2CCCc3ccccc32)cc1Br. The van der Waals surface area contributed by atoms with Crippen molar-refractivity contribution in [1.29, 1.82) is 0 Å². The maximum Gasteiger partial charge on any atom is 0.137 e. The van der Waals surface area contributed by atoms with E-state index in [9.17, 15) is 4.39 Å². The molecule has 3 rings (SSSR count). The van der Waals surface area contributed by atoms with Crippen molar-refractivity contribution in [3.8, 4) is 0 Å². The molecule has 1 unspecified atom stereocenters. The second kappa shape index (κ2) is 6.06. The highest BCUT2D eigenvalue weighted by atomic mass is 79.9. The molecule has 0 aromatic heterocycles. The van der Waals surface area contributed by atoms with Crippen LogP contribution in [0.1, 0.15) is 35.6 Å². The van der Waals surface area contributed by atoms with Gasteiger partial charge in [-0.15, -0.1) is 0 Å². The Morgan fingerprint density at radius 2 is 2.05 bits per heavy atom. The summed E-state index contributed by atoms with van der Waals surface area (Å²) in [4.78, 5) is 0. The van der Waals surface area contributed by atoms with Crippen LogP contribution in [0.25, 0.3) is 0 Å². The van der Waals surface area contributed by atoms with Gasteiger partial charge in [0.1, 0.15) is 5.82 Å². The number of benzene rings is 2. The zero-order chi connectivity index (χ0) is 13.9. The Morgan fingerprint density at radius 1 is 1.20 bits per heavy atom. The molecule has 2 aromatic rings. The molecular formula is C17H16BrFO. The Balaban J connectivity index is 1.71. The highest BCUT2D eigenvalue weighted by Crippen LogP contribution is 2.33. The fraction of sp³-hybridized carbons (Fsp3) is 0.294. The molecule has 0 N–H and O–H groups in total. The van der Waals surface area contributed by atoms with Gasteiger partial charge in [0, 0.05) is 0 Å². The van der Waals surface area contributed by atoms with Crippen LogP contribution in [0.4, 0.5) is 4.39 Å². The van der Waals surface area contributed by atoms with Crippen molar-refractivity contribution >= 4 is 15.9 Å². The number of rotatable bonds is 3. The minimum absolute atomic E-state index is 0.156. The number of ether oxygens (including phenoxy) is 1. The Labute approximate surface area is 126 Å². The Morgan fingerprint density at radius 3 is 2.90 bits per heavy atom. The Hall–Kier alpha value is -1.19. The molecule has 0 radical (unpaired) electrons. The van der Waals surface area contributed by atoms with Crippen LogP contribution in [-0.4, -0.2) is 0 Å². The van der Waals surface area contributed by atoms with Crippen LogP contribution in [0, 0.1) is 5.82 Å². The van der Waals surface area contributed by atoms with E-state index in [0.717, 1.165) is 24.8 Å². The van der Waals surface area contributed by atoms with E-state index < -0.39 is 0 Å². The van der Waals surface area contributed by atoms with Crippen LogP contribution < -0.4 is 0 Å². The van der Waals surface area contributed by atoms with Gasteiger partial charge in [-0.05, 0) is 64.0 Å². The molecule has 104 valence electrons. The quantitative estimate of drug-likeness (QED) is 0.751. The molecule has 0 saturated carbocycles. The van der Waals surface area contributed by atoms with Gasteiger partial charge in [-0.3, -0.25) is 0 Å². The summed E-state index contributed by atoms with van der Waals surface area (Å²) in [5, 5.41) is 0. The van der Waals surface area contributed by atoms with Crippen LogP contribution >= 0.6 is 15.9 Å². The lowest BCUT2D eigenvalue weighted by Gasteiger charge is -2.25. The predicted molar refractivity (Wildman–Crippen MR) is 81.0 cm³/mol. The Bertz CT molecular complexity index is 612. The molecule has 0 aliphatic heterocycles. The van der Waals surface area contributed by atoms with Crippen LogP contribution in [0.5, 0.6) is 0 Å². The van der Waals surface area contributed by atoms with Crippen molar-refractivity contribution in [2.45, 2.75) is 32.0 Å². The molecule has 2 aromatic carbocycles. The summed E-state index contributed by atoms with van der Waals surface area (Å²) in [7, 11) is 0. The molecule has 0 bridgehead atoms. The van der Waals surface area contributed by atoms with Gasteiger partial charge in [0.2, 0.25) is 0 Å². The molecule has 0 heterocycles. The largest absolute Gasteiger partial charge is 0.369 e. The predicted octanol–water partition coefficient (Wildman–Crippen LogP) is 5.18. The molecule has 0 saturated heterocycles. The molecule has 0 amide bonds. The zero-order valence-electron chi connectivity index (χ0n) is 11.1. The monoisotopic (exact) mass is 334 g/mol. The van der Waals surface area contributed by atoms with E-state index in [0.29, 0.717) is 11.1 Å². The number of fused-ring (bicyclic) bond motifs is 1. The first-order valence-corrected chi connectivity index (χ1v) is 7.66. The average molecular weight is 335 g/mol. The summed E-state index contributed by atoms with van der Waals surface area (Å²) in [5.41, 5.74) is 3.69. The molecule has 1 atom stereocenters. The molecule has 1 aliphatic carbocycles. The van der Waals surface area contributed by atoms with E-state index in [1.54, 1.807) is 12.1 Å². The summed E-state index contributed by atoms with van der Waals surface area (Å²) >= 11 is 3.21. The van der Waals surface area contributed by atoms with Crippen molar-refractivity contribution in [3.63, 3.8) is 0 Å². The highest BCUT2D eigenvalue weighted by molar-refractivity contribution is 9.10. The lowest BCUT2D eigenvalue weighted by molar-refractivity contribution is 0.0282. The first kappa shape index (κ1) is 13.8. The van der Waals surface area contributed by atoms with E-state index in [2.05, 4.69) is 40.2 Å². The van der Waals surface area contributed by atoms with Gasteiger partial charge in [-0.25, -0.2) is 4.39 Å².